The van der Waals surface area contributed by atoms with Crippen molar-refractivity contribution in [1.29, 1.82) is 0 Å². The second-order valence-corrected chi connectivity index (χ2v) is 6.10. The normalized spacial score (nSPS) is 12.0. The average molecular weight is 232 g/mol. The highest BCUT2D eigenvalue weighted by Crippen LogP contribution is 2.14. The minimum atomic E-state index is -0.215. The molecule has 0 radical (unpaired) electrons. The van der Waals surface area contributed by atoms with Crippen LogP contribution in [0.2, 0.25) is 0 Å². The summed E-state index contributed by atoms with van der Waals surface area (Å²) in [5, 5.41) is 0. The van der Waals surface area contributed by atoms with E-state index in [1.807, 2.05) is 41.5 Å². The third kappa shape index (κ3) is 23.6. The summed E-state index contributed by atoms with van der Waals surface area (Å²) in [6.07, 6.45) is 5.54. The van der Waals surface area contributed by atoms with Gasteiger partial charge in [0.2, 0.25) is 0 Å². The fourth-order valence-electron chi connectivity index (χ4n) is 0.750. The fourth-order valence-corrected chi connectivity index (χ4v) is 0.750. The van der Waals surface area contributed by atoms with Crippen LogP contribution in [0.3, 0.4) is 0 Å². The Morgan fingerprint density at radius 3 is 1.00 bits per heavy atom. The van der Waals surface area contributed by atoms with Crippen LogP contribution in [0.15, 0.2) is 0 Å². The molecule has 0 amide bonds. The van der Waals surface area contributed by atoms with Gasteiger partial charge in [0.05, 0.1) is 11.2 Å². The van der Waals surface area contributed by atoms with E-state index >= 15 is 0 Å². The van der Waals surface area contributed by atoms with Gasteiger partial charge in [-0.2, -0.15) is 0 Å². The average Bonchev–Trinajstić information content (AvgIpc) is 2.11. The van der Waals surface area contributed by atoms with Crippen LogP contribution in [-0.4, -0.2) is 11.2 Å². The van der Waals surface area contributed by atoms with Gasteiger partial charge < -0.3 is 0 Å². The summed E-state index contributed by atoms with van der Waals surface area (Å²) < 4.78 is 0. The highest BCUT2D eigenvalue weighted by molar-refractivity contribution is 4.58. The predicted molar refractivity (Wildman–Crippen MR) is 71.5 cm³/mol. The molecule has 2 heteroatoms. The Balaban J connectivity index is 0. The zero-order chi connectivity index (χ0) is 13.2. The lowest BCUT2D eigenvalue weighted by molar-refractivity contribution is -0.393. The highest BCUT2D eigenvalue weighted by atomic mass is 17.2. The molecule has 0 N–H and O–H groups in total. The topological polar surface area (TPSA) is 18.5 Å². The molecule has 0 saturated carbocycles. The van der Waals surface area contributed by atoms with E-state index in [0.29, 0.717) is 0 Å². The van der Waals surface area contributed by atoms with Crippen molar-refractivity contribution < 1.29 is 9.78 Å². The van der Waals surface area contributed by atoms with Gasteiger partial charge in [0, 0.05) is 0 Å². The molecule has 0 spiro atoms. The molecule has 0 atom stereocenters. The van der Waals surface area contributed by atoms with E-state index in [1.54, 1.807) is 0 Å². The lowest BCUT2D eigenvalue weighted by Crippen LogP contribution is -2.27. The summed E-state index contributed by atoms with van der Waals surface area (Å²) in [6, 6.07) is 0. The summed E-state index contributed by atoms with van der Waals surface area (Å²) in [4.78, 5) is 10.2. The van der Waals surface area contributed by atoms with E-state index in [1.165, 1.54) is 25.7 Å². The van der Waals surface area contributed by atoms with E-state index < -0.39 is 0 Å². The molecule has 16 heavy (non-hydrogen) atoms. The highest BCUT2D eigenvalue weighted by Gasteiger charge is 2.18. The first-order valence-corrected chi connectivity index (χ1v) is 6.49. The van der Waals surface area contributed by atoms with Gasteiger partial charge in [0.25, 0.3) is 0 Å². The summed E-state index contributed by atoms with van der Waals surface area (Å²) in [5.41, 5.74) is -0.430. The minimum absolute atomic E-state index is 0.215. The first kappa shape index (κ1) is 18.3. The van der Waals surface area contributed by atoms with Crippen molar-refractivity contribution in [3.63, 3.8) is 0 Å². The van der Waals surface area contributed by atoms with Crippen LogP contribution in [0.25, 0.3) is 0 Å². The second-order valence-electron chi connectivity index (χ2n) is 6.10. The van der Waals surface area contributed by atoms with Crippen molar-refractivity contribution in [1.82, 2.24) is 0 Å². The van der Waals surface area contributed by atoms with Gasteiger partial charge in [-0.1, -0.05) is 39.5 Å². The first-order valence-electron chi connectivity index (χ1n) is 6.49. The van der Waals surface area contributed by atoms with Gasteiger partial charge in [-0.15, -0.1) is 0 Å². The van der Waals surface area contributed by atoms with E-state index in [0.717, 1.165) is 0 Å². The number of rotatable bonds is 4. The predicted octanol–water partition coefficient (Wildman–Crippen LogP) is 5.12. The smallest absolute Gasteiger partial charge is 0.0952 e. The minimum Gasteiger partial charge on any atom is -0.230 e. The van der Waals surface area contributed by atoms with Crippen molar-refractivity contribution in [2.45, 2.75) is 92.3 Å². The molecule has 0 aromatic heterocycles. The van der Waals surface area contributed by atoms with Crippen LogP contribution in [0.5, 0.6) is 0 Å². The Kier molecular flexibility index (Phi) is 10.3. The van der Waals surface area contributed by atoms with Crippen molar-refractivity contribution in [3.8, 4) is 0 Å². The number of hydrogen-bond acceptors (Lipinski definition) is 2. The van der Waals surface area contributed by atoms with Crippen molar-refractivity contribution >= 4 is 0 Å². The number of hydrogen-bond donors (Lipinski definition) is 0. The molecule has 0 aliphatic rings. The molecule has 0 saturated heterocycles. The number of unbranched alkanes of at least 4 members (excludes halogenated alkanes) is 3. The monoisotopic (exact) mass is 232 g/mol. The molecule has 0 fully saturated rings. The molecule has 0 rings (SSSR count). The molecule has 0 aromatic rings. The standard InChI is InChI=1S/C8H18O2.C6H14/c1-7(2,3)9-10-8(4,5)6;1-3-5-6-4-2/h1-6H3;3-6H2,1-2H3. The van der Waals surface area contributed by atoms with Crippen LogP contribution in [0.4, 0.5) is 0 Å². The second kappa shape index (κ2) is 9.00. The zero-order valence-corrected chi connectivity index (χ0v) is 12.6. The van der Waals surface area contributed by atoms with Crippen molar-refractivity contribution in [2.24, 2.45) is 0 Å². The van der Waals surface area contributed by atoms with Crippen LogP contribution >= 0.6 is 0 Å². The summed E-state index contributed by atoms with van der Waals surface area (Å²) in [7, 11) is 0. The van der Waals surface area contributed by atoms with Gasteiger partial charge >= 0.3 is 0 Å². The van der Waals surface area contributed by atoms with E-state index in [4.69, 9.17) is 9.78 Å². The Bertz CT molecular complexity index is 122. The Morgan fingerprint density at radius 1 is 0.625 bits per heavy atom. The van der Waals surface area contributed by atoms with E-state index in [9.17, 15) is 0 Å². The first-order chi connectivity index (χ1) is 7.12. The Morgan fingerprint density at radius 2 is 0.875 bits per heavy atom. The quantitative estimate of drug-likeness (QED) is 0.380. The summed E-state index contributed by atoms with van der Waals surface area (Å²) >= 11 is 0. The van der Waals surface area contributed by atoms with Crippen molar-refractivity contribution in [2.75, 3.05) is 0 Å². The molecular formula is C14H32O2. The van der Waals surface area contributed by atoms with E-state index in [2.05, 4.69) is 13.8 Å². The third-order valence-electron chi connectivity index (χ3n) is 1.50. The van der Waals surface area contributed by atoms with E-state index in [-0.39, 0.29) is 11.2 Å². The molecule has 0 bridgehead atoms. The van der Waals surface area contributed by atoms with Crippen LogP contribution < -0.4 is 0 Å². The molecular weight excluding hydrogens is 200 g/mol. The largest absolute Gasteiger partial charge is 0.230 e. The molecule has 0 heterocycles. The van der Waals surface area contributed by atoms with Gasteiger partial charge in [-0.05, 0) is 41.5 Å². The van der Waals surface area contributed by atoms with Crippen LogP contribution in [0.1, 0.15) is 81.1 Å². The maximum absolute atomic E-state index is 5.09. The molecule has 2 nitrogen and oxygen atoms in total. The molecule has 0 aromatic carbocycles. The van der Waals surface area contributed by atoms with Crippen LogP contribution in [0, 0.1) is 0 Å². The van der Waals surface area contributed by atoms with Gasteiger partial charge in [-0.25, -0.2) is 9.78 Å². The van der Waals surface area contributed by atoms with Crippen LogP contribution in [-0.2, 0) is 9.78 Å². The Labute approximate surface area is 103 Å². The maximum Gasteiger partial charge on any atom is 0.0952 e. The Hall–Kier alpha value is -0.0800. The fraction of sp³-hybridized carbons (Fsp3) is 1.00. The molecule has 100 valence electrons. The molecule has 0 unspecified atom stereocenters. The SMILES string of the molecule is CC(C)(C)OOC(C)(C)C.CCCCCC. The van der Waals surface area contributed by atoms with Gasteiger partial charge in [0.15, 0.2) is 0 Å². The summed E-state index contributed by atoms with van der Waals surface area (Å²) in [6.45, 7) is 16.2. The van der Waals surface area contributed by atoms with Gasteiger partial charge in [-0.3, -0.25) is 0 Å². The third-order valence-corrected chi connectivity index (χ3v) is 1.50. The molecule has 0 aliphatic heterocycles. The molecule has 0 aliphatic carbocycles. The zero-order valence-electron chi connectivity index (χ0n) is 12.6. The maximum atomic E-state index is 5.09. The lowest BCUT2D eigenvalue weighted by Gasteiger charge is -2.24. The van der Waals surface area contributed by atoms with Gasteiger partial charge in [0.1, 0.15) is 0 Å². The summed E-state index contributed by atoms with van der Waals surface area (Å²) in [5.74, 6) is 0. The van der Waals surface area contributed by atoms with Crippen molar-refractivity contribution in [3.05, 3.63) is 0 Å². The lowest BCUT2D eigenvalue weighted by atomic mass is 10.2.